The van der Waals surface area contributed by atoms with Crippen molar-refractivity contribution in [3.05, 3.63) is 18.1 Å². The summed E-state index contributed by atoms with van der Waals surface area (Å²) in [5.74, 6) is 0.152. The summed E-state index contributed by atoms with van der Waals surface area (Å²) in [6.45, 7) is 0. The highest BCUT2D eigenvalue weighted by Gasteiger charge is 2.42. The summed E-state index contributed by atoms with van der Waals surface area (Å²) in [4.78, 5) is 20.7. The van der Waals surface area contributed by atoms with Crippen molar-refractivity contribution in [2.75, 3.05) is 14.2 Å². The predicted molar refractivity (Wildman–Crippen MR) is 65.7 cm³/mol. The highest BCUT2D eigenvalue weighted by molar-refractivity contribution is 6.02. The third kappa shape index (κ3) is 2.22. The predicted octanol–water partition coefficient (Wildman–Crippen LogP) is 2.02. The second-order valence-corrected chi connectivity index (χ2v) is 4.50. The molecule has 2 rings (SSSR count). The van der Waals surface area contributed by atoms with Crippen LogP contribution in [0.25, 0.3) is 0 Å². The van der Waals surface area contributed by atoms with Crippen molar-refractivity contribution < 1.29 is 14.3 Å². The van der Waals surface area contributed by atoms with Crippen LogP contribution in [-0.4, -0.2) is 35.6 Å². The first-order chi connectivity index (χ1) is 8.73. The Morgan fingerprint density at radius 2 is 1.83 bits per heavy atom. The fourth-order valence-electron chi connectivity index (χ4n) is 2.49. The maximum absolute atomic E-state index is 12.6. The van der Waals surface area contributed by atoms with E-state index in [1.807, 2.05) is 0 Å². The normalized spacial score (nSPS) is 18.3. The topological polar surface area (TPSA) is 61.3 Å². The summed E-state index contributed by atoms with van der Waals surface area (Å²) in [7, 11) is 3.08. The maximum Gasteiger partial charge on any atom is 0.243 e. The van der Waals surface area contributed by atoms with Crippen LogP contribution >= 0.6 is 0 Å². The molecule has 0 N–H and O–H groups in total. The van der Waals surface area contributed by atoms with Crippen LogP contribution in [0.5, 0.6) is 5.88 Å². The molecule has 1 heterocycles. The van der Waals surface area contributed by atoms with E-state index in [2.05, 4.69) is 9.97 Å². The van der Waals surface area contributed by atoms with E-state index in [0.29, 0.717) is 0 Å². The van der Waals surface area contributed by atoms with Crippen LogP contribution in [0, 0.1) is 0 Å². The second-order valence-electron chi connectivity index (χ2n) is 4.50. The molecule has 1 aliphatic rings. The van der Waals surface area contributed by atoms with Gasteiger partial charge < -0.3 is 9.47 Å². The molecule has 0 aromatic carbocycles. The minimum atomic E-state index is -0.748. The van der Waals surface area contributed by atoms with Gasteiger partial charge in [0.1, 0.15) is 5.60 Å². The number of ether oxygens (including phenoxy) is 2. The lowest BCUT2D eigenvalue weighted by Crippen LogP contribution is -2.43. The molecule has 1 saturated carbocycles. The summed E-state index contributed by atoms with van der Waals surface area (Å²) in [5, 5.41) is 0. The fraction of sp³-hybridized carbons (Fsp3) is 0.615. The average molecular weight is 250 g/mol. The molecule has 0 saturated heterocycles. The first kappa shape index (κ1) is 13.0. The van der Waals surface area contributed by atoms with E-state index in [1.165, 1.54) is 19.5 Å². The molecular formula is C13H18N2O3. The van der Waals surface area contributed by atoms with E-state index in [9.17, 15) is 4.79 Å². The number of hydrogen-bond acceptors (Lipinski definition) is 5. The van der Waals surface area contributed by atoms with Crippen molar-refractivity contribution in [2.45, 2.75) is 37.7 Å². The third-order valence-corrected chi connectivity index (χ3v) is 3.54. The molecule has 98 valence electrons. The Kier molecular flexibility index (Phi) is 3.91. The van der Waals surface area contributed by atoms with Crippen LogP contribution in [0.15, 0.2) is 12.4 Å². The number of carbonyl (C=O) groups excluding carboxylic acids is 1. The molecule has 5 heteroatoms. The number of Topliss-reactive ketones (excluding diaryl/α,β-unsaturated/α-hetero) is 1. The molecule has 0 spiro atoms. The zero-order valence-electron chi connectivity index (χ0n) is 10.8. The van der Waals surface area contributed by atoms with Gasteiger partial charge in [0, 0.05) is 19.5 Å². The van der Waals surface area contributed by atoms with Gasteiger partial charge in [-0.1, -0.05) is 19.3 Å². The molecule has 0 radical (unpaired) electrons. The Bertz CT molecular complexity index is 428. The molecule has 0 bridgehead atoms. The lowest BCUT2D eigenvalue weighted by molar-refractivity contribution is -0.0200. The van der Waals surface area contributed by atoms with Crippen molar-refractivity contribution in [3.8, 4) is 5.88 Å². The molecule has 0 amide bonds. The molecule has 0 aliphatic heterocycles. The summed E-state index contributed by atoms with van der Waals surface area (Å²) < 4.78 is 10.6. The molecule has 0 unspecified atom stereocenters. The molecule has 0 atom stereocenters. The fourth-order valence-corrected chi connectivity index (χ4v) is 2.49. The maximum atomic E-state index is 12.6. The van der Waals surface area contributed by atoms with Gasteiger partial charge in [0.25, 0.3) is 0 Å². The van der Waals surface area contributed by atoms with Crippen LogP contribution in [0.1, 0.15) is 42.6 Å². The van der Waals surface area contributed by atoms with E-state index >= 15 is 0 Å². The summed E-state index contributed by atoms with van der Waals surface area (Å²) in [6.07, 6.45) is 7.64. The summed E-state index contributed by atoms with van der Waals surface area (Å²) >= 11 is 0. The number of nitrogens with zero attached hydrogens (tertiary/aromatic N) is 2. The van der Waals surface area contributed by atoms with Gasteiger partial charge in [0.15, 0.2) is 5.69 Å². The monoisotopic (exact) mass is 250 g/mol. The van der Waals surface area contributed by atoms with Gasteiger partial charge in [-0.2, -0.15) is 0 Å². The minimum Gasteiger partial charge on any atom is -0.479 e. The Morgan fingerprint density at radius 3 is 2.44 bits per heavy atom. The average Bonchev–Trinajstić information content (AvgIpc) is 2.47. The number of aromatic nitrogens is 2. The second kappa shape index (κ2) is 5.44. The first-order valence-electron chi connectivity index (χ1n) is 6.18. The lowest BCUT2D eigenvalue weighted by atomic mass is 9.80. The van der Waals surface area contributed by atoms with Crippen LogP contribution in [0.3, 0.4) is 0 Å². The largest absolute Gasteiger partial charge is 0.479 e. The van der Waals surface area contributed by atoms with Gasteiger partial charge in [-0.15, -0.1) is 0 Å². The number of ketones is 1. The molecule has 1 aromatic heterocycles. The molecule has 1 aliphatic carbocycles. The molecular weight excluding hydrogens is 232 g/mol. The summed E-state index contributed by atoms with van der Waals surface area (Å²) in [5.41, 5.74) is -0.481. The SMILES string of the molecule is COc1nccnc1C(=O)C1(OC)CCCCC1. The van der Waals surface area contributed by atoms with Gasteiger partial charge >= 0.3 is 0 Å². The summed E-state index contributed by atoms with van der Waals surface area (Å²) in [6, 6.07) is 0. The standard InChI is InChI=1S/C13H18N2O3/c1-17-12-10(14-8-9-15-12)11(16)13(18-2)6-4-3-5-7-13/h8-9H,3-7H2,1-2H3. The zero-order chi connectivity index (χ0) is 13.0. The first-order valence-corrected chi connectivity index (χ1v) is 6.18. The van der Waals surface area contributed by atoms with Crippen LogP contribution in [0.4, 0.5) is 0 Å². The van der Waals surface area contributed by atoms with Crippen molar-refractivity contribution in [1.29, 1.82) is 0 Å². The van der Waals surface area contributed by atoms with Gasteiger partial charge in [-0.05, 0) is 12.8 Å². The molecule has 1 fully saturated rings. The molecule has 5 nitrogen and oxygen atoms in total. The van der Waals surface area contributed by atoms with Gasteiger partial charge in [-0.25, -0.2) is 9.97 Å². The van der Waals surface area contributed by atoms with Gasteiger partial charge in [0.2, 0.25) is 11.7 Å². The van der Waals surface area contributed by atoms with Gasteiger partial charge in [-0.3, -0.25) is 4.79 Å². The van der Waals surface area contributed by atoms with Crippen LogP contribution in [-0.2, 0) is 4.74 Å². The lowest BCUT2D eigenvalue weighted by Gasteiger charge is -2.34. The Hall–Kier alpha value is -1.49. The Labute approximate surface area is 107 Å². The Morgan fingerprint density at radius 1 is 1.17 bits per heavy atom. The molecule has 1 aromatic rings. The molecule has 18 heavy (non-hydrogen) atoms. The van der Waals surface area contributed by atoms with Gasteiger partial charge in [0.05, 0.1) is 7.11 Å². The number of rotatable bonds is 4. The minimum absolute atomic E-state index is 0.116. The number of carbonyl (C=O) groups is 1. The number of methoxy groups -OCH3 is 2. The van der Waals surface area contributed by atoms with Crippen molar-refractivity contribution >= 4 is 5.78 Å². The van der Waals surface area contributed by atoms with Crippen LogP contribution < -0.4 is 4.74 Å². The Balaban J connectivity index is 2.33. The number of hydrogen-bond donors (Lipinski definition) is 0. The zero-order valence-corrected chi connectivity index (χ0v) is 10.8. The quantitative estimate of drug-likeness (QED) is 0.765. The van der Waals surface area contributed by atoms with E-state index in [0.717, 1.165) is 32.1 Å². The van der Waals surface area contributed by atoms with E-state index in [1.54, 1.807) is 7.11 Å². The van der Waals surface area contributed by atoms with E-state index in [-0.39, 0.29) is 17.4 Å². The highest BCUT2D eigenvalue weighted by atomic mass is 16.5. The van der Waals surface area contributed by atoms with E-state index in [4.69, 9.17) is 9.47 Å². The van der Waals surface area contributed by atoms with Crippen molar-refractivity contribution in [2.24, 2.45) is 0 Å². The van der Waals surface area contributed by atoms with Crippen LogP contribution in [0.2, 0.25) is 0 Å². The smallest absolute Gasteiger partial charge is 0.243 e. The van der Waals surface area contributed by atoms with Crippen molar-refractivity contribution in [1.82, 2.24) is 9.97 Å². The highest BCUT2D eigenvalue weighted by Crippen LogP contribution is 2.35. The van der Waals surface area contributed by atoms with Crippen molar-refractivity contribution in [3.63, 3.8) is 0 Å². The third-order valence-electron chi connectivity index (χ3n) is 3.54. The van der Waals surface area contributed by atoms with E-state index < -0.39 is 5.60 Å².